The van der Waals surface area contributed by atoms with Crippen molar-refractivity contribution >= 4 is 18.0 Å². The SMILES string of the molecule is CCCN(CCC(=O)O)C(=O)CC(C)(NC(=O)OCC1c2ccccc2-c2ccccc21)C1CC1. The number of carbonyl (C=O) groups is 3. The second-order valence-electron chi connectivity index (χ2n) is 9.84. The molecule has 2 aromatic carbocycles. The largest absolute Gasteiger partial charge is 0.481 e. The van der Waals surface area contributed by atoms with Crippen molar-refractivity contribution in [3.8, 4) is 11.1 Å². The van der Waals surface area contributed by atoms with Gasteiger partial charge < -0.3 is 20.1 Å². The Morgan fingerprint density at radius 2 is 1.63 bits per heavy atom. The van der Waals surface area contributed by atoms with Crippen LogP contribution in [0.4, 0.5) is 4.79 Å². The van der Waals surface area contributed by atoms with Gasteiger partial charge in [-0.1, -0.05) is 55.5 Å². The molecule has 2 aromatic rings. The standard InChI is InChI=1S/C28H34N2O5/c1-3-15-30(16-14-26(32)33)25(31)17-28(2,19-12-13-19)29-27(34)35-18-24-22-10-6-4-8-20(22)21-9-5-7-11-23(21)24/h4-11,19,24H,3,12-18H2,1-2H3,(H,29,34)(H,32,33). The molecule has 0 spiro atoms. The number of nitrogens with one attached hydrogen (secondary N) is 1. The number of ether oxygens (including phenoxy) is 1. The Hall–Kier alpha value is -3.35. The van der Waals surface area contributed by atoms with Crippen LogP contribution in [0.15, 0.2) is 48.5 Å². The van der Waals surface area contributed by atoms with Gasteiger partial charge in [-0.2, -0.15) is 0 Å². The van der Waals surface area contributed by atoms with Crippen LogP contribution in [0.1, 0.15) is 63.0 Å². The average molecular weight is 479 g/mol. The van der Waals surface area contributed by atoms with Crippen LogP contribution in [0.2, 0.25) is 0 Å². The maximum Gasteiger partial charge on any atom is 0.407 e. The van der Waals surface area contributed by atoms with E-state index in [2.05, 4.69) is 29.6 Å². The molecule has 2 N–H and O–H groups in total. The Bertz CT molecular complexity index is 1050. The molecule has 2 aliphatic rings. The van der Waals surface area contributed by atoms with E-state index in [0.29, 0.717) is 6.54 Å². The lowest BCUT2D eigenvalue weighted by Gasteiger charge is -2.33. The zero-order valence-corrected chi connectivity index (χ0v) is 20.5. The number of amides is 2. The van der Waals surface area contributed by atoms with E-state index in [0.717, 1.165) is 30.4 Å². The van der Waals surface area contributed by atoms with Crippen molar-refractivity contribution in [1.29, 1.82) is 0 Å². The summed E-state index contributed by atoms with van der Waals surface area (Å²) in [5, 5.41) is 12.0. The van der Waals surface area contributed by atoms with E-state index < -0.39 is 17.6 Å². The lowest BCUT2D eigenvalue weighted by Crippen LogP contribution is -2.52. The summed E-state index contributed by atoms with van der Waals surface area (Å²) < 4.78 is 5.73. The molecule has 0 aromatic heterocycles. The molecule has 0 heterocycles. The highest BCUT2D eigenvalue weighted by atomic mass is 16.5. The molecule has 1 unspecified atom stereocenters. The number of aliphatic carboxylic acids is 1. The molecular formula is C28H34N2O5. The first-order valence-corrected chi connectivity index (χ1v) is 12.4. The van der Waals surface area contributed by atoms with Gasteiger partial charge in [-0.25, -0.2) is 4.79 Å². The second kappa shape index (κ2) is 10.5. The fraction of sp³-hybridized carbons (Fsp3) is 0.464. The highest BCUT2D eigenvalue weighted by Gasteiger charge is 2.45. The molecule has 1 saturated carbocycles. The van der Waals surface area contributed by atoms with Gasteiger partial charge in [0.15, 0.2) is 0 Å². The molecule has 7 heteroatoms. The van der Waals surface area contributed by atoms with Crippen LogP contribution in [0.3, 0.4) is 0 Å². The molecule has 2 amide bonds. The summed E-state index contributed by atoms with van der Waals surface area (Å²) in [6, 6.07) is 16.4. The van der Waals surface area contributed by atoms with Gasteiger partial charge in [-0.3, -0.25) is 9.59 Å². The van der Waals surface area contributed by atoms with Crippen LogP contribution in [0, 0.1) is 5.92 Å². The Morgan fingerprint density at radius 1 is 1.03 bits per heavy atom. The summed E-state index contributed by atoms with van der Waals surface area (Å²) in [7, 11) is 0. The van der Waals surface area contributed by atoms with Crippen LogP contribution in [-0.2, 0) is 14.3 Å². The Labute approximate surface area is 206 Å². The van der Waals surface area contributed by atoms with Crippen LogP contribution in [0.5, 0.6) is 0 Å². The van der Waals surface area contributed by atoms with Crippen LogP contribution < -0.4 is 5.32 Å². The summed E-state index contributed by atoms with van der Waals surface area (Å²) in [4.78, 5) is 38.6. The topological polar surface area (TPSA) is 95.9 Å². The van der Waals surface area contributed by atoms with Crippen molar-refractivity contribution in [2.75, 3.05) is 19.7 Å². The number of hydrogen-bond acceptors (Lipinski definition) is 4. The number of nitrogens with zero attached hydrogens (tertiary/aromatic N) is 1. The maximum absolute atomic E-state index is 13.1. The molecule has 1 fully saturated rings. The summed E-state index contributed by atoms with van der Waals surface area (Å²) in [6.45, 7) is 4.74. The Morgan fingerprint density at radius 3 is 2.17 bits per heavy atom. The number of rotatable bonds is 11. The zero-order chi connectivity index (χ0) is 25.0. The van der Waals surface area contributed by atoms with Gasteiger partial charge >= 0.3 is 12.1 Å². The number of carbonyl (C=O) groups excluding carboxylic acids is 2. The maximum atomic E-state index is 13.1. The molecule has 1 atom stereocenters. The van der Waals surface area contributed by atoms with E-state index in [1.54, 1.807) is 4.90 Å². The van der Waals surface area contributed by atoms with Gasteiger partial charge in [0.25, 0.3) is 0 Å². The van der Waals surface area contributed by atoms with Crippen molar-refractivity contribution in [2.24, 2.45) is 5.92 Å². The van der Waals surface area contributed by atoms with Crippen LogP contribution >= 0.6 is 0 Å². The van der Waals surface area contributed by atoms with Crippen LogP contribution in [-0.4, -0.2) is 53.2 Å². The third-order valence-corrected chi connectivity index (χ3v) is 7.17. The summed E-state index contributed by atoms with van der Waals surface area (Å²) in [6.07, 6.45) is 2.13. The van der Waals surface area contributed by atoms with Crippen molar-refractivity contribution in [3.05, 3.63) is 59.7 Å². The third kappa shape index (κ3) is 5.66. The van der Waals surface area contributed by atoms with E-state index in [1.165, 1.54) is 11.1 Å². The minimum atomic E-state index is -0.930. The predicted octanol–water partition coefficient (Wildman–Crippen LogP) is 4.80. The molecule has 4 rings (SSSR count). The number of carboxylic acids is 1. The van der Waals surface area contributed by atoms with Gasteiger partial charge in [0.1, 0.15) is 6.61 Å². The highest BCUT2D eigenvalue weighted by Crippen LogP contribution is 2.45. The predicted molar refractivity (Wildman–Crippen MR) is 133 cm³/mol. The molecule has 2 aliphatic carbocycles. The highest BCUT2D eigenvalue weighted by molar-refractivity contribution is 5.80. The summed E-state index contributed by atoms with van der Waals surface area (Å²) in [5.74, 6) is -0.894. The molecular weight excluding hydrogens is 444 g/mol. The lowest BCUT2D eigenvalue weighted by atomic mass is 9.91. The number of fused-ring (bicyclic) bond motifs is 3. The van der Waals surface area contributed by atoms with Crippen molar-refractivity contribution in [2.45, 2.75) is 57.4 Å². The molecule has 0 bridgehead atoms. The first kappa shape index (κ1) is 24.8. The van der Waals surface area contributed by atoms with Crippen molar-refractivity contribution < 1.29 is 24.2 Å². The minimum absolute atomic E-state index is 0.0296. The molecule has 0 saturated heterocycles. The lowest BCUT2D eigenvalue weighted by molar-refractivity contribution is -0.138. The number of hydrogen-bond donors (Lipinski definition) is 2. The Balaban J connectivity index is 1.40. The molecule has 7 nitrogen and oxygen atoms in total. The average Bonchev–Trinajstić information content (AvgIpc) is 3.64. The quantitative estimate of drug-likeness (QED) is 0.484. The minimum Gasteiger partial charge on any atom is -0.481 e. The fourth-order valence-electron chi connectivity index (χ4n) is 5.17. The summed E-state index contributed by atoms with van der Waals surface area (Å²) in [5.41, 5.74) is 3.91. The van der Waals surface area contributed by atoms with Gasteiger partial charge in [0.2, 0.25) is 5.91 Å². The smallest absolute Gasteiger partial charge is 0.407 e. The van der Waals surface area contributed by atoms with E-state index >= 15 is 0 Å². The molecule has 35 heavy (non-hydrogen) atoms. The van der Waals surface area contributed by atoms with Gasteiger partial charge in [-0.15, -0.1) is 0 Å². The van der Waals surface area contributed by atoms with E-state index in [-0.39, 0.29) is 43.7 Å². The first-order valence-electron chi connectivity index (χ1n) is 12.4. The van der Waals surface area contributed by atoms with Gasteiger partial charge in [-0.05, 0) is 54.4 Å². The van der Waals surface area contributed by atoms with Crippen LogP contribution in [0.25, 0.3) is 11.1 Å². The monoisotopic (exact) mass is 478 g/mol. The first-order chi connectivity index (χ1) is 16.8. The van der Waals surface area contributed by atoms with Gasteiger partial charge in [0.05, 0.1) is 18.4 Å². The second-order valence-corrected chi connectivity index (χ2v) is 9.84. The van der Waals surface area contributed by atoms with Crippen molar-refractivity contribution in [1.82, 2.24) is 10.2 Å². The fourth-order valence-corrected chi connectivity index (χ4v) is 5.17. The molecule has 186 valence electrons. The molecule has 0 aliphatic heterocycles. The number of alkyl carbamates (subject to hydrolysis) is 1. The van der Waals surface area contributed by atoms with Gasteiger partial charge in [0, 0.05) is 19.0 Å². The number of carboxylic acid groups (broad SMARTS) is 1. The summed E-state index contributed by atoms with van der Waals surface area (Å²) >= 11 is 0. The normalized spacial score (nSPS) is 16.1. The number of benzene rings is 2. The molecule has 0 radical (unpaired) electrons. The third-order valence-electron chi connectivity index (χ3n) is 7.17. The Kier molecular flexibility index (Phi) is 7.43. The van der Waals surface area contributed by atoms with Crippen molar-refractivity contribution in [3.63, 3.8) is 0 Å². The van der Waals surface area contributed by atoms with E-state index in [1.807, 2.05) is 38.1 Å². The van der Waals surface area contributed by atoms with E-state index in [4.69, 9.17) is 9.84 Å². The zero-order valence-electron chi connectivity index (χ0n) is 20.5. The van der Waals surface area contributed by atoms with E-state index in [9.17, 15) is 14.4 Å².